The average Bonchev–Trinajstić information content (AvgIpc) is 3.68. The summed E-state index contributed by atoms with van der Waals surface area (Å²) in [7, 11) is 1.46. The number of Topliss-reactive ketones (excluding diaryl/α,β-unsaturated/α-hetero) is 1. The molecule has 0 unspecified atom stereocenters. The van der Waals surface area contributed by atoms with Crippen molar-refractivity contribution in [2.45, 2.75) is 32.1 Å². The highest BCUT2D eigenvalue weighted by atomic mass is 35.5. The molecule has 2 aliphatic rings. The molecule has 2 aromatic carbocycles. The Morgan fingerprint density at radius 2 is 1.89 bits per heavy atom. The SMILES string of the molecule is Cn1c(-c2ccc(OCF)c(F)c2F)cnc1C(=O)Nc1ccc(C(=O)N2CCC(C(=O)CC[C@@H]3CCNC3)CC2)c(Cl)c1. The number of rotatable bonds is 10. The number of carbonyl (C=O) groups excluding carboxylic acids is 3. The fraction of sp³-hybridized carbons (Fsp3) is 0.419. The van der Waals surface area contributed by atoms with E-state index in [1.165, 1.54) is 42.1 Å². The molecule has 2 aliphatic heterocycles. The Kier molecular flexibility index (Phi) is 9.90. The number of imidazole rings is 1. The van der Waals surface area contributed by atoms with Gasteiger partial charge in [0.05, 0.1) is 22.5 Å². The number of likely N-dealkylation sites (tertiary alicyclic amines) is 1. The maximum Gasteiger partial charge on any atom is 0.291 e. The highest BCUT2D eigenvalue weighted by Gasteiger charge is 2.29. The van der Waals surface area contributed by atoms with Crippen LogP contribution in [-0.2, 0) is 11.8 Å². The number of nitrogens with one attached hydrogen (secondary N) is 2. The fourth-order valence-electron chi connectivity index (χ4n) is 5.81. The lowest BCUT2D eigenvalue weighted by Crippen LogP contribution is -2.40. The van der Waals surface area contributed by atoms with Crippen molar-refractivity contribution in [3.63, 3.8) is 0 Å². The monoisotopic (exact) mass is 631 g/mol. The predicted octanol–water partition coefficient (Wildman–Crippen LogP) is 5.39. The molecule has 3 aromatic rings. The Morgan fingerprint density at radius 1 is 1.11 bits per heavy atom. The van der Waals surface area contributed by atoms with Crippen molar-refractivity contribution in [1.29, 1.82) is 0 Å². The van der Waals surface area contributed by atoms with Crippen molar-refractivity contribution in [3.05, 3.63) is 64.6 Å². The summed E-state index contributed by atoms with van der Waals surface area (Å²) in [6.07, 6.45) is 5.07. The summed E-state index contributed by atoms with van der Waals surface area (Å²) in [5, 5.41) is 6.12. The number of ether oxygens (including phenoxy) is 1. The Bertz CT molecular complexity index is 1550. The summed E-state index contributed by atoms with van der Waals surface area (Å²) in [6, 6.07) is 6.79. The summed E-state index contributed by atoms with van der Waals surface area (Å²) in [5.41, 5.74) is 0.491. The van der Waals surface area contributed by atoms with Crippen LogP contribution < -0.4 is 15.4 Å². The van der Waals surface area contributed by atoms with Crippen molar-refractivity contribution in [1.82, 2.24) is 19.8 Å². The zero-order chi connectivity index (χ0) is 31.4. The van der Waals surface area contributed by atoms with Crippen LogP contribution in [0, 0.1) is 23.5 Å². The van der Waals surface area contributed by atoms with Crippen LogP contribution in [-0.4, -0.2) is 65.1 Å². The van der Waals surface area contributed by atoms with E-state index in [-0.39, 0.29) is 45.3 Å². The molecule has 44 heavy (non-hydrogen) atoms. The molecule has 2 fully saturated rings. The smallest absolute Gasteiger partial charge is 0.291 e. The van der Waals surface area contributed by atoms with Gasteiger partial charge in [0.15, 0.2) is 17.4 Å². The van der Waals surface area contributed by atoms with Crippen LogP contribution in [0.1, 0.15) is 53.1 Å². The minimum atomic E-state index is -1.36. The number of hydrogen-bond acceptors (Lipinski definition) is 6. The van der Waals surface area contributed by atoms with Crippen molar-refractivity contribution >= 4 is 34.9 Å². The molecule has 5 rings (SSSR count). The maximum absolute atomic E-state index is 14.6. The van der Waals surface area contributed by atoms with Gasteiger partial charge in [-0.1, -0.05) is 11.6 Å². The number of piperidine rings is 1. The van der Waals surface area contributed by atoms with Crippen LogP contribution in [0.2, 0.25) is 5.02 Å². The van der Waals surface area contributed by atoms with Gasteiger partial charge in [-0.2, -0.15) is 4.39 Å². The highest BCUT2D eigenvalue weighted by Crippen LogP contribution is 2.31. The number of ketones is 1. The van der Waals surface area contributed by atoms with Gasteiger partial charge in [0.1, 0.15) is 5.78 Å². The number of anilines is 1. The summed E-state index contributed by atoms with van der Waals surface area (Å²) < 4.78 is 47.0. The lowest BCUT2D eigenvalue weighted by Gasteiger charge is -2.31. The van der Waals surface area contributed by atoms with Crippen LogP contribution in [0.15, 0.2) is 36.5 Å². The molecule has 3 heterocycles. The lowest BCUT2D eigenvalue weighted by atomic mass is 9.88. The van der Waals surface area contributed by atoms with Gasteiger partial charge in [0, 0.05) is 43.7 Å². The molecule has 0 spiro atoms. The fourth-order valence-corrected chi connectivity index (χ4v) is 6.07. The molecular weight excluding hydrogens is 599 g/mol. The number of nitrogens with zero attached hydrogens (tertiary/aromatic N) is 3. The van der Waals surface area contributed by atoms with Gasteiger partial charge in [0.2, 0.25) is 12.7 Å². The molecule has 0 radical (unpaired) electrons. The Hall–Kier alpha value is -3.90. The normalized spacial score (nSPS) is 17.1. The third-order valence-electron chi connectivity index (χ3n) is 8.38. The van der Waals surface area contributed by atoms with E-state index in [1.807, 2.05) is 0 Å². The summed E-state index contributed by atoms with van der Waals surface area (Å²) in [4.78, 5) is 44.6. The topological polar surface area (TPSA) is 106 Å². The van der Waals surface area contributed by atoms with Crippen LogP contribution in [0.5, 0.6) is 5.75 Å². The zero-order valence-electron chi connectivity index (χ0n) is 24.2. The number of aromatic nitrogens is 2. The van der Waals surface area contributed by atoms with Crippen molar-refractivity contribution in [3.8, 4) is 17.0 Å². The van der Waals surface area contributed by atoms with Crippen molar-refractivity contribution in [2.75, 3.05) is 38.4 Å². The van der Waals surface area contributed by atoms with E-state index in [2.05, 4.69) is 20.4 Å². The van der Waals surface area contributed by atoms with Gasteiger partial charge in [-0.15, -0.1) is 0 Å². The van der Waals surface area contributed by atoms with Gasteiger partial charge in [0.25, 0.3) is 11.8 Å². The second-order valence-corrected chi connectivity index (χ2v) is 11.5. The second-order valence-electron chi connectivity index (χ2n) is 11.1. The molecule has 0 saturated carbocycles. The molecule has 2 N–H and O–H groups in total. The largest absolute Gasteiger partial charge is 0.460 e. The van der Waals surface area contributed by atoms with Gasteiger partial charge < -0.3 is 24.8 Å². The molecule has 1 aromatic heterocycles. The minimum Gasteiger partial charge on any atom is -0.460 e. The van der Waals surface area contributed by atoms with Gasteiger partial charge in [-0.25, -0.2) is 13.8 Å². The van der Waals surface area contributed by atoms with E-state index in [0.717, 1.165) is 32.0 Å². The van der Waals surface area contributed by atoms with E-state index < -0.39 is 30.2 Å². The van der Waals surface area contributed by atoms with Crippen LogP contribution >= 0.6 is 11.6 Å². The predicted molar refractivity (Wildman–Crippen MR) is 158 cm³/mol. The zero-order valence-corrected chi connectivity index (χ0v) is 24.9. The highest BCUT2D eigenvalue weighted by molar-refractivity contribution is 6.34. The molecule has 234 valence electrons. The Balaban J connectivity index is 1.19. The molecule has 0 aliphatic carbocycles. The maximum atomic E-state index is 14.6. The number of alkyl halides is 1. The Morgan fingerprint density at radius 3 is 2.57 bits per heavy atom. The Labute approximate surface area is 257 Å². The third kappa shape index (κ3) is 6.76. The van der Waals surface area contributed by atoms with E-state index >= 15 is 0 Å². The second kappa shape index (κ2) is 13.8. The van der Waals surface area contributed by atoms with Crippen molar-refractivity contribution < 1.29 is 32.3 Å². The van der Waals surface area contributed by atoms with E-state index in [1.54, 1.807) is 4.90 Å². The molecule has 9 nitrogen and oxygen atoms in total. The number of hydrogen-bond donors (Lipinski definition) is 2. The number of carbonyl (C=O) groups is 3. The molecule has 2 saturated heterocycles. The van der Waals surface area contributed by atoms with Crippen molar-refractivity contribution in [2.24, 2.45) is 18.9 Å². The minimum absolute atomic E-state index is 0.0293. The van der Waals surface area contributed by atoms with Gasteiger partial charge >= 0.3 is 0 Å². The first-order chi connectivity index (χ1) is 21.2. The summed E-state index contributed by atoms with van der Waals surface area (Å²) in [6.45, 7) is 1.61. The summed E-state index contributed by atoms with van der Waals surface area (Å²) in [5.74, 6) is -3.38. The molecular formula is C31H33ClF3N5O4. The van der Waals surface area contributed by atoms with Crippen LogP contribution in [0.25, 0.3) is 11.3 Å². The first-order valence-corrected chi connectivity index (χ1v) is 14.9. The van der Waals surface area contributed by atoms with E-state index in [0.29, 0.717) is 44.0 Å². The van der Waals surface area contributed by atoms with Crippen LogP contribution in [0.4, 0.5) is 18.9 Å². The van der Waals surface area contributed by atoms with E-state index in [4.69, 9.17) is 11.6 Å². The number of halogens is 4. The summed E-state index contributed by atoms with van der Waals surface area (Å²) >= 11 is 6.45. The number of amides is 2. The van der Waals surface area contributed by atoms with Gasteiger partial charge in [-0.3, -0.25) is 14.4 Å². The van der Waals surface area contributed by atoms with E-state index in [9.17, 15) is 27.6 Å². The molecule has 1 atom stereocenters. The molecule has 0 bridgehead atoms. The lowest BCUT2D eigenvalue weighted by molar-refractivity contribution is -0.124. The quantitative estimate of drug-likeness (QED) is 0.311. The first kappa shape index (κ1) is 31.5. The first-order valence-electron chi connectivity index (χ1n) is 14.5. The number of benzene rings is 2. The molecule has 2 amide bonds. The standard InChI is InChI=1S/C31H33ClF3N5O4/c1-39-24(22-5-7-26(44-17-33)28(35)27(22)34)16-37-29(39)30(42)38-20-3-4-21(23(32)14-20)31(43)40-12-9-19(10-13-40)25(41)6-2-18-8-11-36-15-18/h3-5,7,14,16,18-19,36H,2,6,8-13,15,17H2,1H3,(H,38,42)/t18-/m1/s1. The third-order valence-corrected chi connectivity index (χ3v) is 8.69. The average molecular weight is 632 g/mol. The molecule has 13 heteroatoms. The van der Waals surface area contributed by atoms with Gasteiger partial charge in [-0.05, 0) is 75.0 Å². The van der Waals surface area contributed by atoms with Crippen LogP contribution in [0.3, 0.4) is 0 Å².